The van der Waals surface area contributed by atoms with Gasteiger partial charge in [0.25, 0.3) is 0 Å². The van der Waals surface area contributed by atoms with Crippen LogP contribution in [0.2, 0.25) is 0 Å². The molecule has 4 aromatic rings. The normalized spacial score (nSPS) is 15.6. The lowest BCUT2D eigenvalue weighted by Crippen LogP contribution is -2.42. The minimum atomic E-state index is -0.358. The standard InChI is InChI=1S/C25H22FN3O2/c26-20-10-5-4-9-19(20)22-17-27-23(31-22)12-13-24(30)29-16-15-28-14-6-11-21(28)25(29)18-7-2-1-3-8-18/h1-11,14,17,25H,12-13,15-16H2. The molecular formula is C25H22FN3O2. The van der Waals surface area contributed by atoms with Crippen molar-refractivity contribution in [3.8, 4) is 11.3 Å². The number of aromatic nitrogens is 2. The zero-order valence-corrected chi connectivity index (χ0v) is 16.9. The van der Waals surface area contributed by atoms with Crippen LogP contribution in [0.1, 0.15) is 29.6 Å². The number of fused-ring (bicyclic) bond motifs is 1. The summed E-state index contributed by atoms with van der Waals surface area (Å²) in [5.41, 5.74) is 2.57. The van der Waals surface area contributed by atoms with Gasteiger partial charge in [-0.3, -0.25) is 4.79 Å². The highest BCUT2D eigenvalue weighted by Gasteiger charge is 2.31. The Morgan fingerprint density at radius 1 is 1.03 bits per heavy atom. The van der Waals surface area contributed by atoms with Gasteiger partial charge in [-0.05, 0) is 29.8 Å². The van der Waals surface area contributed by atoms with Crippen molar-refractivity contribution in [1.82, 2.24) is 14.5 Å². The molecule has 2 aromatic carbocycles. The Morgan fingerprint density at radius 3 is 2.68 bits per heavy atom. The molecular weight excluding hydrogens is 393 g/mol. The number of aryl methyl sites for hydroxylation is 1. The average Bonchev–Trinajstić information content (AvgIpc) is 3.47. The first-order chi connectivity index (χ1) is 15.2. The first-order valence-electron chi connectivity index (χ1n) is 10.4. The fourth-order valence-electron chi connectivity index (χ4n) is 4.21. The van der Waals surface area contributed by atoms with E-state index in [-0.39, 0.29) is 24.2 Å². The lowest BCUT2D eigenvalue weighted by atomic mass is 9.99. The van der Waals surface area contributed by atoms with Crippen molar-refractivity contribution in [1.29, 1.82) is 0 Å². The highest BCUT2D eigenvalue weighted by molar-refractivity contribution is 5.77. The van der Waals surface area contributed by atoms with E-state index in [0.29, 0.717) is 30.2 Å². The van der Waals surface area contributed by atoms with Crippen LogP contribution in [0.5, 0.6) is 0 Å². The van der Waals surface area contributed by atoms with E-state index < -0.39 is 0 Å². The van der Waals surface area contributed by atoms with Crippen molar-refractivity contribution < 1.29 is 13.6 Å². The maximum absolute atomic E-state index is 14.0. The average molecular weight is 415 g/mol. The first kappa shape index (κ1) is 19.3. The van der Waals surface area contributed by atoms with Crippen LogP contribution in [0, 0.1) is 5.82 Å². The first-order valence-corrected chi connectivity index (χ1v) is 10.4. The summed E-state index contributed by atoms with van der Waals surface area (Å²) in [6.07, 6.45) is 4.22. The molecule has 6 heteroatoms. The van der Waals surface area contributed by atoms with Crippen molar-refractivity contribution >= 4 is 5.91 Å². The molecule has 0 aliphatic carbocycles. The maximum atomic E-state index is 14.0. The predicted octanol–water partition coefficient (Wildman–Crippen LogP) is 4.85. The number of amides is 1. The molecule has 0 spiro atoms. The number of rotatable bonds is 5. The van der Waals surface area contributed by atoms with Crippen molar-refractivity contribution in [3.63, 3.8) is 0 Å². The molecule has 1 unspecified atom stereocenters. The summed E-state index contributed by atoms with van der Waals surface area (Å²) in [6.45, 7) is 1.42. The smallest absolute Gasteiger partial charge is 0.223 e. The van der Waals surface area contributed by atoms with E-state index in [1.54, 1.807) is 18.2 Å². The monoisotopic (exact) mass is 415 g/mol. The number of hydrogen-bond acceptors (Lipinski definition) is 3. The van der Waals surface area contributed by atoms with Gasteiger partial charge in [-0.2, -0.15) is 0 Å². The Hall–Kier alpha value is -3.67. The van der Waals surface area contributed by atoms with E-state index in [0.717, 1.165) is 17.8 Å². The number of carbonyl (C=O) groups excluding carboxylic acids is 1. The van der Waals surface area contributed by atoms with Gasteiger partial charge in [0.15, 0.2) is 11.7 Å². The van der Waals surface area contributed by atoms with Crippen molar-refractivity contribution in [3.05, 3.63) is 102 Å². The van der Waals surface area contributed by atoms with Crippen LogP contribution in [0.25, 0.3) is 11.3 Å². The fraction of sp³-hybridized carbons (Fsp3) is 0.200. The van der Waals surface area contributed by atoms with Crippen LogP contribution in [0.15, 0.2) is 83.5 Å². The second-order valence-corrected chi connectivity index (χ2v) is 7.62. The van der Waals surface area contributed by atoms with E-state index in [1.807, 2.05) is 29.2 Å². The van der Waals surface area contributed by atoms with Crippen LogP contribution in [-0.4, -0.2) is 26.9 Å². The van der Waals surface area contributed by atoms with Crippen LogP contribution < -0.4 is 0 Å². The van der Waals surface area contributed by atoms with E-state index >= 15 is 0 Å². The molecule has 0 bridgehead atoms. The minimum absolute atomic E-state index is 0.0481. The molecule has 5 nitrogen and oxygen atoms in total. The van der Waals surface area contributed by atoms with Gasteiger partial charge in [-0.1, -0.05) is 42.5 Å². The fourth-order valence-corrected chi connectivity index (χ4v) is 4.21. The van der Waals surface area contributed by atoms with Gasteiger partial charge in [0.2, 0.25) is 5.91 Å². The van der Waals surface area contributed by atoms with Gasteiger partial charge in [-0.25, -0.2) is 9.37 Å². The van der Waals surface area contributed by atoms with Crippen molar-refractivity contribution in [2.75, 3.05) is 6.54 Å². The summed E-state index contributed by atoms with van der Waals surface area (Å²) < 4.78 is 21.9. The zero-order valence-electron chi connectivity index (χ0n) is 16.9. The van der Waals surface area contributed by atoms with Crippen LogP contribution >= 0.6 is 0 Å². The zero-order chi connectivity index (χ0) is 21.2. The molecule has 5 rings (SSSR count). The molecule has 2 aromatic heterocycles. The Kier molecular flexibility index (Phi) is 5.12. The summed E-state index contributed by atoms with van der Waals surface area (Å²) in [4.78, 5) is 19.4. The van der Waals surface area contributed by atoms with Gasteiger partial charge in [0, 0.05) is 37.8 Å². The van der Waals surface area contributed by atoms with Gasteiger partial charge >= 0.3 is 0 Å². The van der Waals surface area contributed by atoms with E-state index in [4.69, 9.17) is 4.42 Å². The van der Waals surface area contributed by atoms with E-state index in [2.05, 4.69) is 33.9 Å². The third-order valence-electron chi connectivity index (χ3n) is 5.72. The number of hydrogen-bond donors (Lipinski definition) is 0. The predicted molar refractivity (Wildman–Crippen MR) is 115 cm³/mol. The molecule has 3 heterocycles. The summed E-state index contributed by atoms with van der Waals surface area (Å²) in [7, 11) is 0. The third-order valence-corrected chi connectivity index (χ3v) is 5.72. The number of carbonyl (C=O) groups is 1. The molecule has 31 heavy (non-hydrogen) atoms. The Balaban J connectivity index is 1.33. The third kappa shape index (κ3) is 3.77. The van der Waals surface area contributed by atoms with Crippen LogP contribution in [0.3, 0.4) is 0 Å². The molecule has 1 aliphatic rings. The van der Waals surface area contributed by atoms with Gasteiger partial charge < -0.3 is 13.9 Å². The second-order valence-electron chi connectivity index (χ2n) is 7.62. The summed E-state index contributed by atoms with van der Waals surface area (Å²) in [5.74, 6) is 0.497. The molecule has 0 N–H and O–H groups in total. The molecule has 0 radical (unpaired) electrons. The highest BCUT2D eigenvalue weighted by atomic mass is 19.1. The Bertz CT molecular complexity index is 1200. The highest BCUT2D eigenvalue weighted by Crippen LogP contribution is 2.33. The number of benzene rings is 2. The summed E-state index contributed by atoms with van der Waals surface area (Å²) in [5, 5.41) is 0. The topological polar surface area (TPSA) is 51.3 Å². The molecule has 1 aliphatic heterocycles. The molecule has 1 amide bonds. The quantitative estimate of drug-likeness (QED) is 0.468. The molecule has 0 fully saturated rings. The van der Waals surface area contributed by atoms with Crippen LogP contribution in [0.4, 0.5) is 4.39 Å². The summed E-state index contributed by atoms with van der Waals surface area (Å²) >= 11 is 0. The van der Waals surface area contributed by atoms with E-state index in [1.165, 1.54) is 12.3 Å². The molecule has 156 valence electrons. The van der Waals surface area contributed by atoms with E-state index in [9.17, 15) is 9.18 Å². The lowest BCUT2D eigenvalue weighted by molar-refractivity contribution is -0.134. The SMILES string of the molecule is O=C(CCc1ncc(-c2ccccc2F)o1)N1CCn2cccc2C1c1ccccc1. The van der Waals surface area contributed by atoms with Crippen molar-refractivity contribution in [2.24, 2.45) is 0 Å². The van der Waals surface area contributed by atoms with Gasteiger partial charge in [0.05, 0.1) is 17.8 Å². The van der Waals surface area contributed by atoms with Crippen LogP contribution in [-0.2, 0) is 17.8 Å². The van der Waals surface area contributed by atoms with Gasteiger partial charge in [-0.15, -0.1) is 0 Å². The second kappa shape index (κ2) is 8.22. The number of nitrogens with zero attached hydrogens (tertiary/aromatic N) is 3. The minimum Gasteiger partial charge on any atom is -0.441 e. The number of oxazole rings is 1. The Labute approximate surface area is 179 Å². The largest absolute Gasteiger partial charge is 0.441 e. The molecule has 0 saturated heterocycles. The summed E-state index contributed by atoms with van der Waals surface area (Å²) in [6, 6.07) is 20.5. The molecule has 1 atom stereocenters. The maximum Gasteiger partial charge on any atom is 0.223 e. The lowest BCUT2D eigenvalue weighted by Gasteiger charge is -2.37. The van der Waals surface area contributed by atoms with Crippen molar-refractivity contribution in [2.45, 2.75) is 25.4 Å². The Morgan fingerprint density at radius 2 is 1.84 bits per heavy atom. The molecule has 0 saturated carbocycles. The van der Waals surface area contributed by atoms with Gasteiger partial charge in [0.1, 0.15) is 5.82 Å². The number of halogens is 1.